The van der Waals surface area contributed by atoms with Gasteiger partial charge in [-0.1, -0.05) is 18.3 Å². The lowest BCUT2D eigenvalue weighted by Crippen LogP contribution is -1.92. The summed E-state index contributed by atoms with van der Waals surface area (Å²) in [5, 5.41) is 0.784. The highest BCUT2D eigenvalue weighted by molar-refractivity contribution is 8.14. The quantitative estimate of drug-likeness (QED) is 0.548. The number of rotatable bonds is 2. The van der Waals surface area contributed by atoms with Gasteiger partial charge in [0.2, 0.25) is 5.12 Å². The third-order valence-electron chi connectivity index (χ3n) is 1.15. The van der Waals surface area contributed by atoms with Gasteiger partial charge in [0.1, 0.15) is 0 Å². The van der Waals surface area contributed by atoms with Gasteiger partial charge in [-0.05, 0) is 25.3 Å². The highest BCUT2D eigenvalue weighted by atomic mass is 32.2. The minimum absolute atomic E-state index is 0.164. The molecule has 9 heavy (non-hydrogen) atoms. The van der Waals surface area contributed by atoms with E-state index in [9.17, 15) is 4.79 Å². The normalized spacial score (nSPS) is 17.4. The summed E-state index contributed by atoms with van der Waals surface area (Å²) in [6, 6.07) is 0. The highest BCUT2D eigenvalue weighted by Crippen LogP contribution is 2.35. The lowest BCUT2D eigenvalue weighted by Gasteiger charge is -1.93. The fraction of sp³-hybridized carbons (Fsp3) is 0.571. The Balaban J connectivity index is 2.25. The molecule has 0 amide bonds. The Hall–Kier alpha value is -0.240. The third-order valence-corrected chi connectivity index (χ3v) is 2.51. The van der Waals surface area contributed by atoms with E-state index in [0.29, 0.717) is 10.8 Å². The number of hydrogen-bond donors (Lipinski definition) is 0. The Labute approximate surface area is 59.5 Å². The Morgan fingerprint density at radius 3 is 2.56 bits per heavy atom. The van der Waals surface area contributed by atoms with Crippen LogP contribution >= 0.6 is 11.8 Å². The molecule has 1 saturated carbocycles. The van der Waals surface area contributed by atoms with E-state index in [1.165, 1.54) is 24.6 Å². The molecule has 50 valence electrons. The Morgan fingerprint density at radius 2 is 2.22 bits per heavy atom. The van der Waals surface area contributed by atoms with Crippen molar-refractivity contribution in [1.82, 2.24) is 0 Å². The first-order valence-electron chi connectivity index (χ1n) is 3.06. The summed E-state index contributed by atoms with van der Waals surface area (Å²) in [6.45, 7) is 5.33. The molecule has 1 rings (SSSR count). The van der Waals surface area contributed by atoms with Crippen LogP contribution in [0.1, 0.15) is 19.8 Å². The van der Waals surface area contributed by atoms with Gasteiger partial charge >= 0.3 is 0 Å². The molecule has 0 bridgehead atoms. The van der Waals surface area contributed by atoms with E-state index >= 15 is 0 Å². The molecule has 0 atom stereocenters. The largest absolute Gasteiger partial charge is 0.282 e. The minimum atomic E-state index is 0.164. The molecule has 0 radical (unpaired) electrons. The molecule has 0 N–H and O–H groups in total. The number of carbonyl (C=O) groups is 1. The zero-order chi connectivity index (χ0) is 6.85. The maximum absolute atomic E-state index is 10.9. The zero-order valence-electron chi connectivity index (χ0n) is 5.52. The molecule has 0 aromatic rings. The second-order valence-electron chi connectivity index (χ2n) is 2.38. The topological polar surface area (TPSA) is 17.1 Å². The standard InChI is InChI=1S/C7H10OS/c1-5(2)7(8)9-6-3-4-6/h6H,1,3-4H2,2H3. The number of hydrogen-bond acceptors (Lipinski definition) is 2. The van der Waals surface area contributed by atoms with Crippen molar-refractivity contribution in [3.8, 4) is 0 Å². The van der Waals surface area contributed by atoms with Gasteiger partial charge in [0.25, 0.3) is 0 Å². The molecule has 0 aromatic heterocycles. The molecular formula is C7H10OS. The second kappa shape index (κ2) is 2.56. The molecule has 1 nitrogen and oxygen atoms in total. The first kappa shape index (κ1) is 6.87. The lowest BCUT2D eigenvalue weighted by atomic mass is 10.4. The summed E-state index contributed by atoms with van der Waals surface area (Å²) in [6.07, 6.45) is 2.42. The molecule has 0 spiro atoms. The van der Waals surface area contributed by atoms with Gasteiger partial charge in [0.15, 0.2) is 0 Å². The van der Waals surface area contributed by atoms with Crippen LogP contribution in [-0.2, 0) is 4.79 Å². The van der Waals surface area contributed by atoms with Crippen LogP contribution in [0.4, 0.5) is 0 Å². The van der Waals surface area contributed by atoms with Crippen LogP contribution in [-0.4, -0.2) is 10.4 Å². The van der Waals surface area contributed by atoms with E-state index in [1.54, 1.807) is 6.92 Å². The molecule has 1 aliphatic carbocycles. The second-order valence-corrected chi connectivity index (χ2v) is 3.66. The smallest absolute Gasteiger partial charge is 0.214 e. The van der Waals surface area contributed by atoms with Crippen LogP contribution in [0.25, 0.3) is 0 Å². The molecule has 1 aliphatic rings. The Kier molecular flexibility index (Phi) is 1.96. The van der Waals surface area contributed by atoms with Crippen LogP contribution in [0.2, 0.25) is 0 Å². The first-order valence-corrected chi connectivity index (χ1v) is 3.94. The van der Waals surface area contributed by atoms with Crippen LogP contribution in [0.3, 0.4) is 0 Å². The van der Waals surface area contributed by atoms with E-state index in [2.05, 4.69) is 6.58 Å². The summed E-state index contributed by atoms with van der Waals surface area (Å²) < 4.78 is 0. The average molecular weight is 142 g/mol. The van der Waals surface area contributed by atoms with E-state index in [4.69, 9.17) is 0 Å². The summed E-state index contributed by atoms with van der Waals surface area (Å²) in [4.78, 5) is 10.9. The molecule has 2 heteroatoms. The number of thioether (sulfide) groups is 1. The molecule has 0 unspecified atom stereocenters. The van der Waals surface area contributed by atoms with Gasteiger partial charge in [0.05, 0.1) is 0 Å². The van der Waals surface area contributed by atoms with Crippen molar-refractivity contribution in [1.29, 1.82) is 0 Å². The third kappa shape index (κ3) is 2.22. The summed E-state index contributed by atoms with van der Waals surface area (Å²) in [5.74, 6) is 0. The van der Waals surface area contributed by atoms with Crippen LogP contribution < -0.4 is 0 Å². The van der Waals surface area contributed by atoms with E-state index < -0.39 is 0 Å². The predicted molar refractivity (Wildman–Crippen MR) is 40.4 cm³/mol. The van der Waals surface area contributed by atoms with Gasteiger partial charge in [-0.25, -0.2) is 0 Å². The van der Waals surface area contributed by atoms with Crippen molar-refractivity contribution < 1.29 is 4.79 Å². The van der Waals surface area contributed by atoms with Crippen molar-refractivity contribution >= 4 is 16.9 Å². The van der Waals surface area contributed by atoms with E-state index in [-0.39, 0.29) is 5.12 Å². The summed E-state index contributed by atoms with van der Waals surface area (Å²) in [5.41, 5.74) is 0.673. The molecule has 0 heterocycles. The van der Waals surface area contributed by atoms with Crippen LogP contribution in [0.5, 0.6) is 0 Å². The highest BCUT2D eigenvalue weighted by Gasteiger charge is 2.25. The first-order chi connectivity index (χ1) is 4.20. The van der Waals surface area contributed by atoms with Crippen molar-refractivity contribution in [2.75, 3.05) is 0 Å². The van der Waals surface area contributed by atoms with Crippen molar-refractivity contribution in [3.63, 3.8) is 0 Å². The fourth-order valence-electron chi connectivity index (χ4n) is 0.438. The molecule has 0 saturated heterocycles. The fourth-order valence-corrected chi connectivity index (χ4v) is 1.31. The van der Waals surface area contributed by atoms with Crippen LogP contribution in [0.15, 0.2) is 12.2 Å². The van der Waals surface area contributed by atoms with E-state index in [1.807, 2.05) is 0 Å². The average Bonchev–Trinajstić information content (AvgIpc) is 2.50. The van der Waals surface area contributed by atoms with Gasteiger partial charge in [-0.15, -0.1) is 0 Å². The van der Waals surface area contributed by atoms with Crippen LogP contribution in [0, 0.1) is 0 Å². The minimum Gasteiger partial charge on any atom is -0.282 e. The molecular weight excluding hydrogens is 132 g/mol. The zero-order valence-corrected chi connectivity index (χ0v) is 6.33. The summed E-state index contributed by atoms with van der Waals surface area (Å²) >= 11 is 1.44. The maximum atomic E-state index is 10.9. The Bertz CT molecular complexity index is 147. The molecule has 0 aromatic carbocycles. The Morgan fingerprint density at radius 1 is 1.67 bits per heavy atom. The predicted octanol–water partition coefficient (Wildman–Crippen LogP) is 1.98. The van der Waals surface area contributed by atoms with Gasteiger partial charge in [-0.3, -0.25) is 4.79 Å². The lowest BCUT2D eigenvalue weighted by molar-refractivity contribution is -0.107. The van der Waals surface area contributed by atoms with E-state index in [0.717, 1.165) is 0 Å². The van der Waals surface area contributed by atoms with Crippen molar-refractivity contribution in [2.24, 2.45) is 0 Å². The molecule has 1 fully saturated rings. The van der Waals surface area contributed by atoms with Crippen molar-refractivity contribution in [3.05, 3.63) is 12.2 Å². The maximum Gasteiger partial charge on any atom is 0.214 e. The molecule has 0 aliphatic heterocycles. The monoisotopic (exact) mass is 142 g/mol. The number of carbonyl (C=O) groups excluding carboxylic acids is 1. The SMILES string of the molecule is C=C(C)C(=O)SC1CC1. The van der Waals surface area contributed by atoms with Gasteiger partial charge in [-0.2, -0.15) is 0 Å². The van der Waals surface area contributed by atoms with Crippen molar-refractivity contribution in [2.45, 2.75) is 25.0 Å². The summed E-state index contributed by atoms with van der Waals surface area (Å²) in [7, 11) is 0. The van der Waals surface area contributed by atoms with Gasteiger partial charge < -0.3 is 0 Å². The van der Waals surface area contributed by atoms with Gasteiger partial charge in [0, 0.05) is 5.25 Å².